The van der Waals surface area contributed by atoms with Gasteiger partial charge in [-0.2, -0.15) is 0 Å². The van der Waals surface area contributed by atoms with E-state index >= 15 is 0 Å². The van der Waals surface area contributed by atoms with Crippen LogP contribution >= 0.6 is 0 Å². The Kier molecular flexibility index (Phi) is 2.06. The molecule has 3 rings (SSSR count). The number of hydrogen-bond acceptors (Lipinski definition) is 1. The minimum atomic E-state index is 0.805. The summed E-state index contributed by atoms with van der Waals surface area (Å²) < 4.78 is 0. The highest BCUT2D eigenvalue weighted by Gasteiger charge is 2.33. The molecule has 2 unspecified atom stereocenters. The summed E-state index contributed by atoms with van der Waals surface area (Å²) in [6.07, 6.45) is 5.49. The quantitative estimate of drug-likeness (QED) is 0.712. The Morgan fingerprint density at radius 2 is 1.57 bits per heavy atom. The zero-order valence-corrected chi connectivity index (χ0v) is 8.45. The molecule has 1 aromatic carbocycles. The molecule has 74 valence electrons. The van der Waals surface area contributed by atoms with E-state index in [9.17, 15) is 0 Å². The highest BCUT2D eigenvalue weighted by Crippen LogP contribution is 2.36. The van der Waals surface area contributed by atoms with E-state index in [0.717, 1.165) is 18.0 Å². The molecule has 2 aliphatic heterocycles. The van der Waals surface area contributed by atoms with Crippen molar-refractivity contribution < 1.29 is 0 Å². The van der Waals surface area contributed by atoms with Crippen molar-refractivity contribution in [1.29, 1.82) is 0 Å². The van der Waals surface area contributed by atoms with Crippen LogP contribution in [0.4, 0.5) is 0 Å². The molecule has 1 aromatic rings. The van der Waals surface area contributed by atoms with Crippen molar-refractivity contribution in [2.75, 3.05) is 0 Å². The topological polar surface area (TPSA) is 12.0 Å². The van der Waals surface area contributed by atoms with E-state index in [-0.39, 0.29) is 0 Å². The summed E-state index contributed by atoms with van der Waals surface area (Å²) in [5.74, 6) is 0.815. The predicted molar refractivity (Wildman–Crippen MR) is 58.4 cm³/mol. The molecule has 0 radical (unpaired) electrons. The van der Waals surface area contributed by atoms with Gasteiger partial charge < -0.3 is 5.32 Å². The van der Waals surface area contributed by atoms with Crippen LogP contribution < -0.4 is 5.32 Å². The van der Waals surface area contributed by atoms with Crippen LogP contribution in [0.1, 0.15) is 37.2 Å². The molecular weight excluding hydrogens is 170 g/mol. The Bertz CT molecular complexity index is 294. The first-order chi connectivity index (χ1) is 6.92. The van der Waals surface area contributed by atoms with Crippen LogP contribution in [0.2, 0.25) is 0 Å². The van der Waals surface area contributed by atoms with Crippen molar-refractivity contribution in [2.24, 2.45) is 0 Å². The molecule has 1 nitrogen and oxygen atoms in total. The van der Waals surface area contributed by atoms with Crippen molar-refractivity contribution in [3.05, 3.63) is 35.9 Å². The monoisotopic (exact) mass is 187 g/mol. The van der Waals surface area contributed by atoms with Gasteiger partial charge in [-0.05, 0) is 37.2 Å². The molecule has 14 heavy (non-hydrogen) atoms. The molecule has 0 amide bonds. The van der Waals surface area contributed by atoms with Gasteiger partial charge in [0.25, 0.3) is 0 Å². The van der Waals surface area contributed by atoms with Crippen molar-refractivity contribution in [3.63, 3.8) is 0 Å². The van der Waals surface area contributed by atoms with Gasteiger partial charge in [0.05, 0.1) is 0 Å². The smallest absolute Gasteiger partial charge is 0.00760 e. The molecule has 0 aromatic heterocycles. The lowest BCUT2D eigenvalue weighted by Gasteiger charge is -2.29. The van der Waals surface area contributed by atoms with Crippen molar-refractivity contribution in [3.8, 4) is 0 Å². The molecule has 2 aliphatic rings. The average Bonchev–Trinajstić information content (AvgIpc) is 2.59. The maximum atomic E-state index is 3.69. The van der Waals surface area contributed by atoms with Gasteiger partial charge in [-0.25, -0.2) is 0 Å². The van der Waals surface area contributed by atoms with Crippen LogP contribution in [0.25, 0.3) is 0 Å². The lowest BCUT2D eigenvalue weighted by Crippen LogP contribution is -2.37. The molecule has 2 fully saturated rings. The summed E-state index contributed by atoms with van der Waals surface area (Å²) in [4.78, 5) is 0. The Labute approximate surface area is 85.5 Å². The fraction of sp³-hybridized carbons (Fsp3) is 0.538. The highest BCUT2D eigenvalue weighted by atomic mass is 15.0. The predicted octanol–water partition coefficient (Wildman–Crippen LogP) is 2.68. The summed E-state index contributed by atoms with van der Waals surface area (Å²) in [6, 6.07) is 12.6. The lowest BCUT2D eigenvalue weighted by molar-refractivity contribution is 0.363. The van der Waals surface area contributed by atoms with Crippen molar-refractivity contribution in [1.82, 2.24) is 5.32 Å². The van der Waals surface area contributed by atoms with Gasteiger partial charge >= 0.3 is 0 Å². The molecule has 0 spiro atoms. The van der Waals surface area contributed by atoms with Gasteiger partial charge in [0, 0.05) is 12.1 Å². The Hall–Kier alpha value is -0.820. The number of benzene rings is 1. The number of piperidine rings is 1. The second kappa shape index (κ2) is 3.39. The van der Waals surface area contributed by atoms with Gasteiger partial charge in [-0.3, -0.25) is 0 Å². The Balaban J connectivity index is 1.81. The Morgan fingerprint density at radius 1 is 0.929 bits per heavy atom. The number of hydrogen-bond donors (Lipinski definition) is 1. The fourth-order valence-corrected chi connectivity index (χ4v) is 3.05. The Morgan fingerprint density at radius 3 is 2.21 bits per heavy atom. The summed E-state index contributed by atoms with van der Waals surface area (Å²) in [5, 5.41) is 3.69. The van der Waals surface area contributed by atoms with Crippen LogP contribution in [0.3, 0.4) is 0 Å². The third-order valence-electron chi connectivity index (χ3n) is 3.74. The van der Waals surface area contributed by atoms with Gasteiger partial charge in [0.1, 0.15) is 0 Å². The second-order valence-corrected chi connectivity index (χ2v) is 4.72. The normalized spacial score (nSPS) is 35.9. The van der Waals surface area contributed by atoms with E-state index in [4.69, 9.17) is 0 Å². The van der Waals surface area contributed by atoms with E-state index in [0.29, 0.717) is 0 Å². The molecular formula is C13H17N. The third kappa shape index (κ3) is 1.46. The minimum Gasteiger partial charge on any atom is -0.311 e. The number of nitrogens with one attached hydrogen (secondary N) is 1. The van der Waals surface area contributed by atoms with Gasteiger partial charge in [-0.15, -0.1) is 0 Å². The molecule has 0 saturated carbocycles. The van der Waals surface area contributed by atoms with Crippen LogP contribution in [0.15, 0.2) is 30.3 Å². The standard InChI is InChI=1S/C13H17N/c1-2-4-10(5-3-1)11-8-12-6-7-13(9-11)14-12/h1-5,11-14H,6-9H2. The molecule has 2 heterocycles. The maximum Gasteiger partial charge on any atom is 0.00760 e. The van der Waals surface area contributed by atoms with Crippen molar-refractivity contribution >= 4 is 0 Å². The minimum absolute atomic E-state index is 0.805. The van der Waals surface area contributed by atoms with E-state index in [1.54, 1.807) is 5.56 Å². The van der Waals surface area contributed by atoms with E-state index < -0.39 is 0 Å². The molecule has 1 N–H and O–H groups in total. The first kappa shape index (κ1) is 8.49. The fourth-order valence-electron chi connectivity index (χ4n) is 3.05. The third-order valence-corrected chi connectivity index (χ3v) is 3.74. The molecule has 1 heteroatoms. The van der Waals surface area contributed by atoms with Crippen LogP contribution in [-0.2, 0) is 0 Å². The van der Waals surface area contributed by atoms with Gasteiger partial charge in [0.2, 0.25) is 0 Å². The average molecular weight is 187 g/mol. The largest absolute Gasteiger partial charge is 0.311 e. The molecule has 2 bridgehead atoms. The van der Waals surface area contributed by atoms with Crippen LogP contribution in [0.5, 0.6) is 0 Å². The van der Waals surface area contributed by atoms with E-state index in [2.05, 4.69) is 35.6 Å². The molecule has 2 atom stereocenters. The number of fused-ring (bicyclic) bond motifs is 2. The maximum absolute atomic E-state index is 3.69. The summed E-state index contributed by atoms with van der Waals surface area (Å²) in [5.41, 5.74) is 1.55. The first-order valence-electron chi connectivity index (χ1n) is 5.73. The van der Waals surface area contributed by atoms with Gasteiger partial charge in [-0.1, -0.05) is 30.3 Å². The second-order valence-electron chi connectivity index (χ2n) is 4.72. The molecule has 0 aliphatic carbocycles. The van der Waals surface area contributed by atoms with Crippen LogP contribution in [-0.4, -0.2) is 12.1 Å². The SMILES string of the molecule is c1ccc(C2CC3CCC(C2)N3)cc1. The summed E-state index contributed by atoms with van der Waals surface area (Å²) in [7, 11) is 0. The van der Waals surface area contributed by atoms with Crippen molar-refractivity contribution in [2.45, 2.75) is 43.7 Å². The van der Waals surface area contributed by atoms with Gasteiger partial charge in [0.15, 0.2) is 0 Å². The lowest BCUT2D eigenvalue weighted by atomic mass is 9.86. The van der Waals surface area contributed by atoms with E-state index in [1.165, 1.54) is 25.7 Å². The van der Waals surface area contributed by atoms with Crippen LogP contribution in [0, 0.1) is 0 Å². The first-order valence-corrected chi connectivity index (χ1v) is 5.73. The summed E-state index contributed by atoms with van der Waals surface area (Å²) in [6.45, 7) is 0. The molecule has 2 saturated heterocycles. The number of rotatable bonds is 1. The summed E-state index contributed by atoms with van der Waals surface area (Å²) >= 11 is 0. The zero-order chi connectivity index (χ0) is 9.38. The highest BCUT2D eigenvalue weighted by molar-refractivity contribution is 5.21. The zero-order valence-electron chi connectivity index (χ0n) is 8.45. The van der Waals surface area contributed by atoms with E-state index in [1.807, 2.05) is 0 Å².